The summed E-state index contributed by atoms with van der Waals surface area (Å²) >= 11 is 3.30. The molecule has 0 aromatic heterocycles. The summed E-state index contributed by atoms with van der Waals surface area (Å²) in [5.41, 5.74) is 0.392. The first-order valence-corrected chi connectivity index (χ1v) is 5.31. The highest BCUT2D eigenvalue weighted by molar-refractivity contribution is 9.10. The molecule has 0 atom stereocenters. The Balaban J connectivity index is 3.19. The fourth-order valence-electron chi connectivity index (χ4n) is 1.16. The van der Waals surface area contributed by atoms with E-state index in [1.165, 1.54) is 6.07 Å². The van der Waals surface area contributed by atoms with Crippen molar-refractivity contribution in [3.05, 3.63) is 32.8 Å². The smallest absolute Gasteiger partial charge is 0.293 e. The molecule has 0 saturated heterocycles. The molecule has 4 nitrogen and oxygen atoms in total. The molecule has 0 radical (unpaired) electrons. The van der Waals surface area contributed by atoms with Gasteiger partial charge in [-0.25, -0.2) is 0 Å². The first-order valence-electron chi connectivity index (χ1n) is 4.52. The first kappa shape index (κ1) is 12.0. The summed E-state index contributed by atoms with van der Waals surface area (Å²) in [5, 5.41) is 13.9. The molecule has 1 rings (SSSR count). The lowest BCUT2D eigenvalue weighted by atomic mass is 10.1. The zero-order valence-electron chi connectivity index (χ0n) is 8.87. The van der Waals surface area contributed by atoms with E-state index in [0.717, 1.165) is 0 Å². The van der Waals surface area contributed by atoms with Gasteiger partial charge in [0.15, 0.2) is 0 Å². The molecule has 0 bridgehead atoms. The van der Waals surface area contributed by atoms with E-state index in [1.807, 2.05) is 20.8 Å². The summed E-state index contributed by atoms with van der Waals surface area (Å²) in [4.78, 5) is 10.4. The highest BCUT2D eigenvalue weighted by Gasteiger charge is 2.20. The quantitative estimate of drug-likeness (QED) is 0.662. The van der Waals surface area contributed by atoms with Gasteiger partial charge in [0.2, 0.25) is 0 Å². The molecule has 0 fully saturated rings. The number of hydrogen-bond donors (Lipinski definition) is 1. The van der Waals surface area contributed by atoms with E-state index in [1.54, 1.807) is 12.1 Å². The maximum absolute atomic E-state index is 10.8. The number of nitro groups is 1. The Morgan fingerprint density at radius 2 is 2.00 bits per heavy atom. The third kappa shape index (κ3) is 3.20. The predicted octanol–water partition coefficient (Wildman–Crippen LogP) is 3.57. The van der Waals surface area contributed by atoms with Gasteiger partial charge >= 0.3 is 0 Å². The highest BCUT2D eigenvalue weighted by atomic mass is 79.9. The lowest BCUT2D eigenvalue weighted by Crippen LogP contribution is -2.26. The third-order valence-corrected chi connectivity index (χ3v) is 2.35. The van der Waals surface area contributed by atoms with E-state index in [0.29, 0.717) is 10.2 Å². The van der Waals surface area contributed by atoms with Crippen molar-refractivity contribution >= 4 is 27.3 Å². The fraction of sp³-hybridized carbons (Fsp3) is 0.400. The molecular weight excluding hydrogens is 260 g/mol. The second-order valence-corrected chi connectivity index (χ2v) is 5.12. The minimum absolute atomic E-state index is 0.0827. The minimum Gasteiger partial charge on any atom is -0.374 e. The average Bonchev–Trinajstić information content (AvgIpc) is 2.05. The molecule has 0 heterocycles. The van der Waals surface area contributed by atoms with Gasteiger partial charge in [-0.1, -0.05) is 6.07 Å². The number of benzene rings is 1. The van der Waals surface area contributed by atoms with E-state index in [-0.39, 0.29) is 11.2 Å². The van der Waals surface area contributed by atoms with Crippen LogP contribution in [0.4, 0.5) is 11.4 Å². The van der Waals surface area contributed by atoms with Crippen molar-refractivity contribution in [3.8, 4) is 0 Å². The van der Waals surface area contributed by atoms with Gasteiger partial charge < -0.3 is 5.32 Å². The minimum atomic E-state index is -0.390. The first-order chi connectivity index (χ1) is 6.81. The second-order valence-electron chi connectivity index (χ2n) is 4.27. The molecule has 0 unspecified atom stereocenters. The molecule has 15 heavy (non-hydrogen) atoms. The van der Waals surface area contributed by atoms with Crippen LogP contribution in [0, 0.1) is 10.1 Å². The van der Waals surface area contributed by atoms with Crippen molar-refractivity contribution in [1.82, 2.24) is 0 Å². The molecule has 1 aromatic rings. The molecule has 1 N–H and O–H groups in total. The van der Waals surface area contributed by atoms with Crippen molar-refractivity contribution in [2.24, 2.45) is 0 Å². The summed E-state index contributed by atoms with van der Waals surface area (Å²) in [6.07, 6.45) is 0. The topological polar surface area (TPSA) is 55.2 Å². The number of nitrogens with one attached hydrogen (secondary N) is 1. The van der Waals surface area contributed by atoms with Crippen molar-refractivity contribution < 1.29 is 4.92 Å². The van der Waals surface area contributed by atoms with Crippen LogP contribution in [-0.2, 0) is 0 Å². The van der Waals surface area contributed by atoms with Crippen LogP contribution in [0.3, 0.4) is 0 Å². The summed E-state index contributed by atoms with van der Waals surface area (Å²) < 4.78 is 0.701. The summed E-state index contributed by atoms with van der Waals surface area (Å²) in [6.45, 7) is 5.86. The van der Waals surface area contributed by atoms with Gasteiger partial charge in [-0.3, -0.25) is 10.1 Å². The van der Waals surface area contributed by atoms with E-state index in [9.17, 15) is 10.1 Å². The fourth-order valence-corrected chi connectivity index (χ4v) is 1.62. The number of nitrogens with zero attached hydrogens (tertiary/aromatic N) is 1. The number of hydrogen-bond acceptors (Lipinski definition) is 3. The highest BCUT2D eigenvalue weighted by Crippen LogP contribution is 2.33. The molecule has 0 aliphatic carbocycles. The normalized spacial score (nSPS) is 11.2. The SMILES string of the molecule is CC(C)(C)Nc1c(Br)cccc1[N+](=O)[O-]. The van der Waals surface area contributed by atoms with Gasteiger partial charge in [0.1, 0.15) is 5.69 Å². The lowest BCUT2D eigenvalue weighted by molar-refractivity contribution is -0.384. The summed E-state index contributed by atoms with van der Waals surface area (Å²) in [6, 6.07) is 4.91. The van der Waals surface area contributed by atoms with Crippen LogP contribution in [0.2, 0.25) is 0 Å². The second kappa shape index (κ2) is 4.18. The zero-order valence-corrected chi connectivity index (χ0v) is 10.5. The number of nitro benzene ring substituents is 1. The lowest BCUT2D eigenvalue weighted by Gasteiger charge is -2.22. The molecule has 0 spiro atoms. The monoisotopic (exact) mass is 272 g/mol. The summed E-state index contributed by atoms with van der Waals surface area (Å²) in [5.74, 6) is 0. The van der Waals surface area contributed by atoms with E-state index >= 15 is 0 Å². The van der Waals surface area contributed by atoms with Gasteiger partial charge in [-0.2, -0.15) is 0 Å². The van der Waals surface area contributed by atoms with Gasteiger partial charge in [-0.05, 0) is 42.8 Å². The number of para-hydroxylation sites is 1. The Morgan fingerprint density at radius 1 is 1.40 bits per heavy atom. The van der Waals surface area contributed by atoms with E-state index in [2.05, 4.69) is 21.2 Å². The van der Waals surface area contributed by atoms with Crippen LogP contribution in [0.15, 0.2) is 22.7 Å². The molecule has 5 heteroatoms. The zero-order chi connectivity index (χ0) is 11.6. The standard InChI is InChI=1S/C10H13BrN2O2/c1-10(2,3)12-9-7(11)5-4-6-8(9)13(14)15/h4-6,12H,1-3H3. The van der Waals surface area contributed by atoms with E-state index < -0.39 is 4.92 Å². The largest absolute Gasteiger partial charge is 0.374 e. The van der Waals surface area contributed by atoms with Crippen LogP contribution in [0.1, 0.15) is 20.8 Å². The average molecular weight is 273 g/mol. The number of anilines is 1. The van der Waals surface area contributed by atoms with Crippen LogP contribution in [0.5, 0.6) is 0 Å². The van der Waals surface area contributed by atoms with Crippen molar-refractivity contribution in [3.63, 3.8) is 0 Å². The van der Waals surface area contributed by atoms with Crippen LogP contribution in [-0.4, -0.2) is 10.5 Å². The van der Waals surface area contributed by atoms with Gasteiger partial charge in [0.25, 0.3) is 5.69 Å². The molecule has 0 aliphatic heterocycles. The van der Waals surface area contributed by atoms with Gasteiger partial charge in [0.05, 0.1) is 4.92 Å². The molecule has 82 valence electrons. The van der Waals surface area contributed by atoms with Crippen LogP contribution < -0.4 is 5.32 Å². The maximum Gasteiger partial charge on any atom is 0.293 e. The Bertz CT molecular complexity index is 385. The molecule has 0 aliphatic rings. The Labute approximate surface area is 97.0 Å². The van der Waals surface area contributed by atoms with Crippen LogP contribution in [0.25, 0.3) is 0 Å². The van der Waals surface area contributed by atoms with Gasteiger partial charge in [-0.15, -0.1) is 0 Å². The number of halogens is 1. The van der Waals surface area contributed by atoms with Crippen molar-refractivity contribution in [1.29, 1.82) is 0 Å². The predicted molar refractivity (Wildman–Crippen MR) is 64.2 cm³/mol. The van der Waals surface area contributed by atoms with Crippen molar-refractivity contribution in [2.45, 2.75) is 26.3 Å². The Kier molecular flexibility index (Phi) is 3.34. The summed E-state index contributed by atoms with van der Waals surface area (Å²) in [7, 11) is 0. The Hall–Kier alpha value is -1.10. The van der Waals surface area contributed by atoms with E-state index in [4.69, 9.17) is 0 Å². The van der Waals surface area contributed by atoms with Gasteiger partial charge in [0, 0.05) is 16.1 Å². The third-order valence-electron chi connectivity index (χ3n) is 1.69. The molecular formula is C10H13BrN2O2. The molecule has 0 amide bonds. The Morgan fingerprint density at radius 3 is 2.47 bits per heavy atom. The van der Waals surface area contributed by atoms with Crippen LogP contribution >= 0.6 is 15.9 Å². The molecule has 1 aromatic carbocycles. The number of rotatable bonds is 2. The van der Waals surface area contributed by atoms with Crippen molar-refractivity contribution in [2.75, 3.05) is 5.32 Å². The molecule has 0 saturated carbocycles. The maximum atomic E-state index is 10.8.